The maximum Gasteiger partial charge on any atom is 0.338 e. The topological polar surface area (TPSA) is 69.6 Å². The number of hydrogen-bond donors (Lipinski definition) is 3. The number of carbonyl (C=O) groups is 1. The summed E-state index contributed by atoms with van der Waals surface area (Å²) in [5.74, 6) is -1.13. The second-order valence-corrected chi connectivity index (χ2v) is 4.37. The van der Waals surface area contributed by atoms with Gasteiger partial charge >= 0.3 is 5.97 Å². The zero-order valence-corrected chi connectivity index (χ0v) is 10.9. The first-order valence-electron chi connectivity index (χ1n) is 4.66. The van der Waals surface area contributed by atoms with Crippen LogP contribution in [0.25, 0.3) is 0 Å². The van der Waals surface area contributed by atoms with Crippen molar-refractivity contribution in [2.24, 2.45) is 0 Å². The monoisotopic (exact) mass is 297 g/mol. The first-order valence-corrected chi connectivity index (χ1v) is 5.95. The highest BCUT2D eigenvalue weighted by atomic mass is 35.5. The minimum Gasteiger partial charge on any atom is -0.478 e. The normalized spacial score (nSPS) is 12.2. The Bertz CT molecular complexity index is 426. The van der Waals surface area contributed by atoms with Crippen molar-refractivity contribution in [2.45, 2.75) is 6.10 Å². The van der Waals surface area contributed by atoms with Gasteiger partial charge in [-0.15, -0.1) is 11.6 Å². The SMILES string of the molecule is O=C(O)c1c(Cl)ccc(NCC(O)CCl)c1Cl. The molecule has 0 amide bonds. The largest absolute Gasteiger partial charge is 0.478 e. The van der Waals surface area contributed by atoms with E-state index in [2.05, 4.69) is 5.32 Å². The molecule has 1 aromatic carbocycles. The third kappa shape index (κ3) is 3.64. The lowest BCUT2D eigenvalue weighted by molar-refractivity contribution is 0.0697. The lowest BCUT2D eigenvalue weighted by Gasteiger charge is -2.13. The van der Waals surface area contributed by atoms with Crippen LogP contribution in [-0.2, 0) is 0 Å². The van der Waals surface area contributed by atoms with Crippen LogP contribution in [0.5, 0.6) is 0 Å². The third-order valence-corrected chi connectivity index (χ3v) is 3.08. The Kier molecular flexibility index (Phi) is 5.33. The lowest BCUT2D eigenvalue weighted by Crippen LogP contribution is -2.21. The molecule has 0 heterocycles. The van der Waals surface area contributed by atoms with Crippen LogP contribution in [0.15, 0.2) is 12.1 Å². The maximum absolute atomic E-state index is 10.9. The van der Waals surface area contributed by atoms with Crippen LogP contribution in [0.2, 0.25) is 10.0 Å². The van der Waals surface area contributed by atoms with Crippen molar-refractivity contribution < 1.29 is 15.0 Å². The summed E-state index contributed by atoms with van der Waals surface area (Å²) in [4.78, 5) is 10.9. The number of carboxylic acids is 1. The maximum atomic E-state index is 10.9. The quantitative estimate of drug-likeness (QED) is 0.731. The Hall–Kier alpha value is -0.680. The average molecular weight is 299 g/mol. The molecule has 7 heteroatoms. The van der Waals surface area contributed by atoms with Crippen LogP contribution >= 0.6 is 34.8 Å². The molecule has 1 rings (SSSR count). The highest BCUT2D eigenvalue weighted by Crippen LogP contribution is 2.31. The highest BCUT2D eigenvalue weighted by molar-refractivity contribution is 6.40. The summed E-state index contributed by atoms with van der Waals surface area (Å²) in [7, 11) is 0. The van der Waals surface area contributed by atoms with Crippen molar-refractivity contribution in [3.63, 3.8) is 0 Å². The summed E-state index contributed by atoms with van der Waals surface area (Å²) in [5.41, 5.74) is 0.219. The number of aliphatic hydroxyl groups excluding tert-OH is 1. The summed E-state index contributed by atoms with van der Waals surface area (Å²) >= 11 is 17.0. The standard InChI is InChI=1S/C10H10Cl3NO3/c11-3-5(15)4-14-7-2-1-6(12)8(9(7)13)10(16)17/h1-2,5,14-15H,3-4H2,(H,16,17). The van der Waals surface area contributed by atoms with Gasteiger partial charge in [-0.2, -0.15) is 0 Å². The van der Waals surface area contributed by atoms with E-state index in [1.807, 2.05) is 0 Å². The lowest BCUT2D eigenvalue weighted by atomic mass is 10.2. The second-order valence-electron chi connectivity index (χ2n) is 3.28. The van der Waals surface area contributed by atoms with Crippen molar-refractivity contribution >= 4 is 46.5 Å². The summed E-state index contributed by atoms with van der Waals surface area (Å²) in [6.07, 6.45) is -0.739. The van der Waals surface area contributed by atoms with E-state index in [0.29, 0.717) is 5.69 Å². The predicted octanol–water partition coefficient (Wildman–Crippen LogP) is 2.70. The molecular formula is C10H10Cl3NO3. The van der Waals surface area contributed by atoms with Gasteiger partial charge in [-0.3, -0.25) is 0 Å². The first kappa shape index (κ1) is 14.4. The number of hydrogen-bond acceptors (Lipinski definition) is 3. The van der Waals surface area contributed by atoms with Gasteiger partial charge < -0.3 is 15.5 Å². The fraction of sp³-hybridized carbons (Fsp3) is 0.300. The molecule has 94 valence electrons. The van der Waals surface area contributed by atoms with Crippen LogP contribution in [0.3, 0.4) is 0 Å². The Balaban J connectivity index is 2.95. The van der Waals surface area contributed by atoms with Crippen molar-refractivity contribution in [1.29, 1.82) is 0 Å². The minimum absolute atomic E-state index is 0.00627. The smallest absolute Gasteiger partial charge is 0.338 e. The van der Waals surface area contributed by atoms with Crippen LogP contribution in [-0.4, -0.2) is 34.7 Å². The highest BCUT2D eigenvalue weighted by Gasteiger charge is 2.17. The van der Waals surface area contributed by atoms with Gasteiger partial charge in [0.15, 0.2) is 0 Å². The van der Waals surface area contributed by atoms with Gasteiger partial charge in [0.2, 0.25) is 0 Å². The van der Waals surface area contributed by atoms with E-state index in [9.17, 15) is 9.90 Å². The van der Waals surface area contributed by atoms with Gasteiger partial charge in [-0.1, -0.05) is 23.2 Å². The van der Waals surface area contributed by atoms with E-state index in [-0.39, 0.29) is 28.0 Å². The van der Waals surface area contributed by atoms with Gasteiger partial charge in [0.25, 0.3) is 0 Å². The van der Waals surface area contributed by atoms with Crippen LogP contribution in [0.1, 0.15) is 10.4 Å². The minimum atomic E-state index is -1.21. The molecule has 17 heavy (non-hydrogen) atoms. The predicted molar refractivity (Wildman–Crippen MR) is 68.6 cm³/mol. The molecule has 0 aliphatic carbocycles. The number of nitrogens with one attached hydrogen (secondary N) is 1. The summed E-state index contributed by atoms with van der Waals surface area (Å²) in [6.45, 7) is 0.171. The molecule has 0 radical (unpaired) electrons. The number of aliphatic hydroxyl groups is 1. The van der Waals surface area contributed by atoms with E-state index >= 15 is 0 Å². The number of carboxylic acid groups (broad SMARTS) is 1. The molecule has 0 aliphatic rings. The second kappa shape index (κ2) is 6.31. The third-order valence-electron chi connectivity index (χ3n) is 2.01. The molecule has 0 saturated heterocycles. The molecule has 0 fully saturated rings. The molecule has 3 N–H and O–H groups in total. The number of alkyl halides is 1. The number of anilines is 1. The number of benzene rings is 1. The Morgan fingerprint density at radius 2 is 2.06 bits per heavy atom. The molecule has 0 aliphatic heterocycles. The zero-order valence-electron chi connectivity index (χ0n) is 8.58. The first-order chi connectivity index (χ1) is 7.97. The molecule has 0 spiro atoms. The van der Waals surface area contributed by atoms with E-state index in [1.165, 1.54) is 12.1 Å². The average Bonchev–Trinajstić information content (AvgIpc) is 2.27. The zero-order chi connectivity index (χ0) is 13.0. The van der Waals surface area contributed by atoms with E-state index < -0.39 is 12.1 Å². The Morgan fingerprint density at radius 3 is 2.59 bits per heavy atom. The van der Waals surface area contributed by atoms with Gasteiger partial charge in [0, 0.05) is 6.54 Å². The molecule has 1 aromatic rings. The molecule has 0 bridgehead atoms. The van der Waals surface area contributed by atoms with Gasteiger partial charge in [0.05, 0.1) is 33.3 Å². The molecule has 4 nitrogen and oxygen atoms in total. The van der Waals surface area contributed by atoms with E-state index in [0.717, 1.165) is 0 Å². The Morgan fingerprint density at radius 1 is 1.41 bits per heavy atom. The number of aromatic carboxylic acids is 1. The van der Waals surface area contributed by atoms with E-state index in [1.54, 1.807) is 0 Å². The van der Waals surface area contributed by atoms with Crippen molar-refractivity contribution in [3.8, 4) is 0 Å². The van der Waals surface area contributed by atoms with Crippen molar-refractivity contribution in [2.75, 3.05) is 17.7 Å². The van der Waals surface area contributed by atoms with Crippen LogP contribution in [0.4, 0.5) is 5.69 Å². The fourth-order valence-corrected chi connectivity index (χ4v) is 1.88. The number of halogens is 3. The van der Waals surface area contributed by atoms with Crippen LogP contribution in [0, 0.1) is 0 Å². The molecule has 0 saturated carbocycles. The molecule has 1 unspecified atom stereocenters. The van der Waals surface area contributed by atoms with Gasteiger partial charge in [0.1, 0.15) is 0 Å². The van der Waals surface area contributed by atoms with Gasteiger partial charge in [-0.25, -0.2) is 4.79 Å². The van der Waals surface area contributed by atoms with Crippen molar-refractivity contribution in [3.05, 3.63) is 27.7 Å². The molecular weight excluding hydrogens is 288 g/mol. The van der Waals surface area contributed by atoms with E-state index in [4.69, 9.17) is 39.9 Å². The van der Waals surface area contributed by atoms with Crippen molar-refractivity contribution in [1.82, 2.24) is 0 Å². The summed E-state index contributed by atoms with van der Waals surface area (Å²) in [5, 5.41) is 21.1. The summed E-state index contributed by atoms with van der Waals surface area (Å²) in [6, 6.07) is 2.96. The molecule has 1 atom stereocenters. The fourth-order valence-electron chi connectivity index (χ4n) is 1.17. The Labute approximate surface area is 113 Å². The van der Waals surface area contributed by atoms with Crippen LogP contribution < -0.4 is 5.32 Å². The summed E-state index contributed by atoms with van der Waals surface area (Å²) < 4.78 is 0. The number of rotatable bonds is 5. The molecule has 0 aromatic heterocycles. The van der Waals surface area contributed by atoms with Gasteiger partial charge in [-0.05, 0) is 12.1 Å².